The normalized spacial score (nSPS) is 17.6. The Labute approximate surface area is 192 Å². The topological polar surface area (TPSA) is 25.4 Å². The van der Waals surface area contributed by atoms with Gasteiger partial charge >= 0.3 is 0 Å². The molecule has 3 heteroatoms. The third-order valence-electron chi connectivity index (χ3n) is 7.32. The van der Waals surface area contributed by atoms with E-state index < -0.39 is 0 Å². The summed E-state index contributed by atoms with van der Waals surface area (Å²) in [7, 11) is 1.82. The van der Waals surface area contributed by atoms with Gasteiger partial charge in [0, 0.05) is 29.4 Å². The van der Waals surface area contributed by atoms with Crippen LogP contribution in [0.2, 0.25) is 0 Å². The predicted octanol–water partition coefficient (Wildman–Crippen LogP) is 6.71. The lowest BCUT2D eigenvalue weighted by molar-refractivity contribution is 0.391. The van der Waals surface area contributed by atoms with Gasteiger partial charge < -0.3 is 9.64 Å². The number of ether oxygens (including phenoxy) is 1. The Balaban J connectivity index is 1.64. The molecule has 0 amide bonds. The molecule has 1 aliphatic carbocycles. The van der Waals surface area contributed by atoms with Crippen LogP contribution in [0.15, 0.2) is 48.5 Å². The number of aryl methyl sites for hydroxylation is 4. The van der Waals surface area contributed by atoms with Crippen molar-refractivity contribution >= 4 is 5.69 Å². The first-order valence-electron chi connectivity index (χ1n) is 12.3. The van der Waals surface area contributed by atoms with Gasteiger partial charge in [0.15, 0.2) is 0 Å². The first kappa shape index (κ1) is 21.1. The summed E-state index contributed by atoms with van der Waals surface area (Å²) in [5, 5.41) is 0. The molecule has 166 valence electrons. The minimum atomic E-state index is 0.337. The summed E-state index contributed by atoms with van der Waals surface area (Å²) in [4.78, 5) is 7.93. The zero-order valence-corrected chi connectivity index (χ0v) is 19.7. The molecule has 2 aliphatic rings. The minimum Gasteiger partial charge on any atom is -0.496 e. The zero-order chi connectivity index (χ0) is 22.1. The number of rotatable bonds is 5. The van der Waals surface area contributed by atoms with Crippen LogP contribution in [-0.4, -0.2) is 18.6 Å². The molecule has 3 nitrogen and oxygen atoms in total. The van der Waals surface area contributed by atoms with Gasteiger partial charge in [-0.05, 0) is 67.7 Å². The van der Waals surface area contributed by atoms with Crippen molar-refractivity contribution in [2.24, 2.45) is 0 Å². The van der Waals surface area contributed by atoms with E-state index in [0.717, 1.165) is 43.7 Å². The van der Waals surface area contributed by atoms with Crippen LogP contribution in [0.3, 0.4) is 0 Å². The highest BCUT2D eigenvalue weighted by Gasteiger charge is 2.33. The Morgan fingerprint density at radius 3 is 2.50 bits per heavy atom. The van der Waals surface area contributed by atoms with Gasteiger partial charge in [0.25, 0.3) is 0 Å². The van der Waals surface area contributed by atoms with Gasteiger partial charge in [-0.2, -0.15) is 0 Å². The highest BCUT2D eigenvalue weighted by Crippen LogP contribution is 2.45. The van der Waals surface area contributed by atoms with Gasteiger partial charge in [-0.15, -0.1) is 0 Å². The Kier molecular flexibility index (Phi) is 5.91. The number of anilines is 1. The predicted molar refractivity (Wildman–Crippen MR) is 133 cm³/mol. The van der Waals surface area contributed by atoms with Gasteiger partial charge in [-0.1, -0.05) is 50.2 Å². The van der Waals surface area contributed by atoms with Gasteiger partial charge in [0.1, 0.15) is 5.75 Å². The van der Waals surface area contributed by atoms with Crippen LogP contribution in [0.5, 0.6) is 5.75 Å². The van der Waals surface area contributed by atoms with Crippen LogP contribution < -0.4 is 9.64 Å². The molecule has 0 saturated carbocycles. The first-order valence-corrected chi connectivity index (χ1v) is 12.3. The summed E-state index contributed by atoms with van der Waals surface area (Å²) in [5.74, 6) is 1.01. The maximum atomic E-state index is 6.06. The molecule has 1 atom stereocenters. The van der Waals surface area contributed by atoms with Crippen molar-refractivity contribution in [2.45, 2.75) is 64.8 Å². The molecule has 5 rings (SSSR count). The Morgan fingerprint density at radius 1 is 0.969 bits per heavy atom. The zero-order valence-electron chi connectivity index (χ0n) is 19.7. The van der Waals surface area contributed by atoms with Crippen molar-refractivity contribution in [3.8, 4) is 17.0 Å². The fourth-order valence-electron chi connectivity index (χ4n) is 5.80. The van der Waals surface area contributed by atoms with E-state index in [1.54, 1.807) is 0 Å². The van der Waals surface area contributed by atoms with Crippen molar-refractivity contribution in [3.63, 3.8) is 0 Å². The fourth-order valence-corrected chi connectivity index (χ4v) is 5.80. The minimum absolute atomic E-state index is 0.337. The maximum Gasteiger partial charge on any atom is 0.128 e. The lowest BCUT2D eigenvalue weighted by Gasteiger charge is -2.41. The molecular weight excluding hydrogens is 392 g/mol. The summed E-state index contributed by atoms with van der Waals surface area (Å²) in [5.41, 5.74) is 10.5. The summed E-state index contributed by atoms with van der Waals surface area (Å²) in [6, 6.07) is 18.1. The summed E-state index contributed by atoms with van der Waals surface area (Å²) < 4.78 is 6.06. The molecule has 0 fully saturated rings. The quantitative estimate of drug-likeness (QED) is 0.453. The lowest BCUT2D eigenvalue weighted by Crippen LogP contribution is -2.36. The maximum absolute atomic E-state index is 6.06. The largest absolute Gasteiger partial charge is 0.496 e. The molecule has 1 aliphatic heterocycles. The van der Waals surface area contributed by atoms with E-state index in [9.17, 15) is 0 Å². The third-order valence-corrected chi connectivity index (χ3v) is 7.32. The summed E-state index contributed by atoms with van der Waals surface area (Å²) >= 11 is 0. The Bertz CT molecular complexity index is 1080. The number of hydrogen-bond acceptors (Lipinski definition) is 3. The molecular formula is C29H34N2O. The molecule has 2 heterocycles. The van der Waals surface area contributed by atoms with E-state index in [2.05, 4.69) is 67.3 Å². The van der Waals surface area contributed by atoms with E-state index in [1.807, 2.05) is 7.11 Å². The van der Waals surface area contributed by atoms with Gasteiger partial charge in [-0.25, -0.2) is 0 Å². The van der Waals surface area contributed by atoms with E-state index in [4.69, 9.17) is 9.72 Å². The number of pyridine rings is 1. The molecule has 1 aromatic heterocycles. The van der Waals surface area contributed by atoms with Crippen LogP contribution in [0.25, 0.3) is 11.3 Å². The molecule has 0 spiro atoms. The van der Waals surface area contributed by atoms with Crippen molar-refractivity contribution in [1.29, 1.82) is 0 Å². The Morgan fingerprint density at radius 2 is 1.75 bits per heavy atom. The smallest absolute Gasteiger partial charge is 0.128 e. The monoisotopic (exact) mass is 426 g/mol. The van der Waals surface area contributed by atoms with Crippen molar-refractivity contribution in [3.05, 3.63) is 76.5 Å². The van der Waals surface area contributed by atoms with Crippen LogP contribution in [0, 0.1) is 0 Å². The fraction of sp³-hybridized carbons (Fsp3) is 0.414. The van der Waals surface area contributed by atoms with Crippen molar-refractivity contribution < 1.29 is 4.74 Å². The number of nitrogens with zero attached hydrogens (tertiary/aromatic N) is 2. The van der Waals surface area contributed by atoms with Crippen molar-refractivity contribution in [1.82, 2.24) is 4.98 Å². The van der Waals surface area contributed by atoms with Crippen LogP contribution in [-0.2, 0) is 25.7 Å². The second-order valence-electron chi connectivity index (χ2n) is 9.06. The molecule has 0 radical (unpaired) electrons. The average molecular weight is 427 g/mol. The van der Waals surface area contributed by atoms with Gasteiger partial charge in [-0.3, -0.25) is 4.98 Å². The molecule has 3 aromatic rings. The summed E-state index contributed by atoms with van der Waals surface area (Å²) in [6.07, 6.45) is 7.77. The number of aromatic nitrogens is 1. The van der Waals surface area contributed by atoms with Crippen LogP contribution >= 0.6 is 0 Å². The number of methoxy groups -OCH3 is 1. The first-order chi connectivity index (χ1) is 15.7. The number of fused-ring (bicyclic) bond motifs is 2. The highest BCUT2D eigenvalue weighted by atomic mass is 16.5. The van der Waals surface area contributed by atoms with E-state index in [1.165, 1.54) is 58.5 Å². The van der Waals surface area contributed by atoms with Crippen LogP contribution in [0.1, 0.15) is 67.1 Å². The average Bonchev–Trinajstić information content (AvgIpc) is 2.86. The number of para-hydroxylation sites is 1. The standard InChI is InChI=1S/C29H34N2O/c1-4-20-12-8-13-21(5-2)28(20)24-19-27(32-3)29-23(30-24)15-9-17-26(29)31-18-10-14-22-11-6-7-16-25(22)31/h6-8,11-13,16,19,26H,4-5,9-10,14-15,17-18H2,1-3H3. The Hall–Kier alpha value is -2.81. The van der Waals surface area contributed by atoms with E-state index in [-0.39, 0.29) is 0 Å². The van der Waals surface area contributed by atoms with E-state index in [0.29, 0.717) is 6.04 Å². The van der Waals surface area contributed by atoms with Crippen molar-refractivity contribution in [2.75, 3.05) is 18.6 Å². The molecule has 32 heavy (non-hydrogen) atoms. The highest BCUT2D eigenvalue weighted by molar-refractivity contribution is 5.71. The summed E-state index contributed by atoms with van der Waals surface area (Å²) in [6.45, 7) is 5.57. The molecule has 2 aromatic carbocycles. The molecule has 1 unspecified atom stereocenters. The van der Waals surface area contributed by atoms with Gasteiger partial charge in [0.05, 0.1) is 24.5 Å². The third kappa shape index (κ3) is 3.58. The molecule has 0 bridgehead atoms. The molecule has 0 N–H and O–H groups in total. The van der Waals surface area contributed by atoms with E-state index >= 15 is 0 Å². The van der Waals surface area contributed by atoms with Gasteiger partial charge in [0.2, 0.25) is 0 Å². The van der Waals surface area contributed by atoms with Crippen LogP contribution in [0.4, 0.5) is 5.69 Å². The molecule has 0 saturated heterocycles. The second-order valence-corrected chi connectivity index (χ2v) is 9.06. The lowest BCUT2D eigenvalue weighted by atomic mass is 9.86. The number of hydrogen-bond donors (Lipinski definition) is 0. The number of benzene rings is 2. The SMILES string of the molecule is CCc1cccc(CC)c1-c1cc(OC)c2c(n1)CCCC2N1CCCc2ccccc21. The second kappa shape index (κ2) is 8.97.